The molecule has 4 N–H and O–H groups in total. The van der Waals surface area contributed by atoms with Gasteiger partial charge in [-0.3, -0.25) is 0 Å². The molecule has 0 aliphatic heterocycles. The van der Waals surface area contributed by atoms with E-state index in [0.29, 0.717) is 23.5 Å². The van der Waals surface area contributed by atoms with Crippen LogP contribution < -0.4 is 0 Å². The van der Waals surface area contributed by atoms with Gasteiger partial charge in [-0.15, -0.1) is 0 Å². The molecule has 0 heterocycles. The van der Waals surface area contributed by atoms with Crippen molar-refractivity contribution in [3.05, 3.63) is 34.9 Å². The molecule has 0 amide bonds. The third-order valence-corrected chi connectivity index (χ3v) is 15.4. The number of esters is 2. The summed E-state index contributed by atoms with van der Waals surface area (Å²) in [6, 6.07) is 0. The van der Waals surface area contributed by atoms with Gasteiger partial charge in [-0.25, -0.2) is 9.59 Å². The SMILES string of the molecule is C/C=C(/C)C(=O)O[C@@H]1[C@H](OC(=O)/C(C)=C\C)C(C)(C)CC2C3=CCC4[C@@]5(C)CCC[C@](C)(CO)C5CC[C@@]4(C)[C@]3(C)[C@@H](O)[C@H](O)[C@]21CO. The maximum absolute atomic E-state index is 13.5. The Balaban J connectivity index is 1.69. The molecule has 8 nitrogen and oxygen atoms in total. The van der Waals surface area contributed by atoms with Crippen molar-refractivity contribution >= 4 is 11.9 Å². The number of hydrogen-bond acceptors (Lipinski definition) is 8. The smallest absolute Gasteiger partial charge is 0.333 e. The third-order valence-electron chi connectivity index (χ3n) is 15.4. The van der Waals surface area contributed by atoms with Gasteiger partial charge in [0.05, 0.1) is 24.2 Å². The standard InChI is InChI=1S/C40H62O8/c1-11-23(3)33(45)47-31-32(48-34(46)24(4)12-2)40(22-42)26(20-35(31,5)6)25-14-15-28-37(8)18-13-17-36(7,21-41)27(37)16-19-38(28,9)39(25,10)29(43)30(40)44/h11-12,14,26-32,41-44H,13,15-22H2,1-10H3/b23-11-,24-12-/t26?,27?,28?,29-,30-,31-,32+,36+,37-,38+,39-,40-/m0/s1. The molecule has 8 heteroatoms. The van der Waals surface area contributed by atoms with E-state index < -0.39 is 65.1 Å². The summed E-state index contributed by atoms with van der Waals surface area (Å²) in [7, 11) is 0. The van der Waals surface area contributed by atoms with Crippen LogP contribution in [0.15, 0.2) is 34.9 Å². The first-order chi connectivity index (χ1) is 22.3. The van der Waals surface area contributed by atoms with Crippen molar-refractivity contribution in [3.63, 3.8) is 0 Å². The number of hydrogen-bond donors (Lipinski definition) is 4. The van der Waals surface area contributed by atoms with Gasteiger partial charge in [0.1, 0.15) is 6.10 Å². The van der Waals surface area contributed by atoms with E-state index in [1.165, 1.54) is 0 Å². The average molecular weight is 671 g/mol. The van der Waals surface area contributed by atoms with Gasteiger partial charge in [-0.2, -0.15) is 0 Å². The van der Waals surface area contributed by atoms with Gasteiger partial charge in [-0.1, -0.05) is 71.8 Å². The Morgan fingerprint density at radius 1 is 0.833 bits per heavy atom. The molecule has 0 saturated heterocycles. The maximum atomic E-state index is 13.5. The lowest BCUT2D eigenvalue weighted by Crippen LogP contribution is -2.76. The number of ether oxygens (including phenoxy) is 2. The third kappa shape index (κ3) is 4.89. The van der Waals surface area contributed by atoms with E-state index in [1.54, 1.807) is 39.8 Å². The molecule has 0 radical (unpaired) electrons. The summed E-state index contributed by atoms with van der Waals surface area (Å²) in [6.07, 6.45) is 6.71. The zero-order valence-electron chi connectivity index (χ0n) is 31.1. The van der Waals surface area contributed by atoms with Crippen molar-refractivity contribution in [1.82, 2.24) is 0 Å². The molecule has 270 valence electrons. The summed E-state index contributed by atoms with van der Waals surface area (Å²) in [5.74, 6) is -1.06. The highest BCUT2D eigenvalue weighted by atomic mass is 16.6. The topological polar surface area (TPSA) is 134 Å². The van der Waals surface area contributed by atoms with Crippen LogP contribution in [0.4, 0.5) is 0 Å². The minimum Gasteiger partial charge on any atom is -0.454 e. The van der Waals surface area contributed by atoms with Crippen LogP contribution in [0.1, 0.15) is 114 Å². The van der Waals surface area contributed by atoms with Crippen molar-refractivity contribution in [2.24, 2.45) is 50.2 Å². The Bertz CT molecular complexity index is 1390. The lowest BCUT2D eigenvalue weighted by Gasteiger charge is -2.73. The van der Waals surface area contributed by atoms with Gasteiger partial charge in [0, 0.05) is 28.6 Å². The number of aliphatic hydroxyl groups is 4. The molecule has 0 bridgehead atoms. The summed E-state index contributed by atoms with van der Waals surface area (Å²) in [4.78, 5) is 26.8. The molecule has 5 rings (SSSR count). The fraction of sp³-hybridized carbons (Fsp3) is 0.800. The summed E-state index contributed by atoms with van der Waals surface area (Å²) in [5.41, 5.74) is -1.92. The highest BCUT2D eigenvalue weighted by molar-refractivity contribution is 5.88. The second kappa shape index (κ2) is 12.3. The molecule has 12 atom stereocenters. The van der Waals surface area contributed by atoms with Gasteiger partial charge >= 0.3 is 11.9 Å². The highest BCUT2D eigenvalue weighted by Gasteiger charge is 2.76. The molecule has 5 aliphatic rings. The van der Waals surface area contributed by atoms with Crippen LogP contribution in [0, 0.1) is 50.2 Å². The van der Waals surface area contributed by atoms with Gasteiger partial charge in [0.25, 0.3) is 0 Å². The van der Waals surface area contributed by atoms with Crippen LogP contribution >= 0.6 is 0 Å². The van der Waals surface area contributed by atoms with Gasteiger partial charge in [0.2, 0.25) is 0 Å². The van der Waals surface area contributed by atoms with Crippen LogP contribution in [0.3, 0.4) is 0 Å². The van der Waals surface area contributed by atoms with Crippen molar-refractivity contribution < 1.29 is 39.5 Å². The Hall–Kier alpha value is -2.00. The molecular weight excluding hydrogens is 608 g/mol. The minimum absolute atomic E-state index is 0.0537. The average Bonchev–Trinajstić information content (AvgIpc) is 3.04. The maximum Gasteiger partial charge on any atom is 0.333 e. The minimum atomic E-state index is -1.52. The van der Waals surface area contributed by atoms with E-state index in [4.69, 9.17) is 9.47 Å². The van der Waals surface area contributed by atoms with E-state index in [1.807, 2.05) is 13.8 Å². The number of rotatable bonds is 6. The Morgan fingerprint density at radius 3 is 1.96 bits per heavy atom. The summed E-state index contributed by atoms with van der Waals surface area (Å²) < 4.78 is 12.4. The van der Waals surface area contributed by atoms with E-state index in [0.717, 1.165) is 44.1 Å². The van der Waals surface area contributed by atoms with Crippen molar-refractivity contribution in [2.75, 3.05) is 13.2 Å². The molecule has 4 saturated carbocycles. The Morgan fingerprint density at radius 2 is 1.42 bits per heavy atom. The molecule has 0 aromatic heterocycles. The first kappa shape index (κ1) is 37.3. The quantitative estimate of drug-likeness (QED) is 0.152. The highest BCUT2D eigenvalue weighted by Crippen LogP contribution is 2.76. The number of allylic oxidation sites excluding steroid dienone is 3. The lowest BCUT2D eigenvalue weighted by molar-refractivity contribution is -0.291. The molecule has 48 heavy (non-hydrogen) atoms. The zero-order valence-corrected chi connectivity index (χ0v) is 31.1. The normalized spacial score (nSPS) is 47.0. The number of aliphatic hydroxyl groups excluding tert-OH is 4. The van der Waals surface area contributed by atoms with Gasteiger partial charge in [-0.05, 0) is 100 Å². The summed E-state index contributed by atoms with van der Waals surface area (Å²) >= 11 is 0. The second-order valence-electron chi connectivity index (χ2n) is 17.8. The largest absolute Gasteiger partial charge is 0.454 e. The molecule has 4 fully saturated rings. The molecule has 5 aliphatic carbocycles. The molecular formula is C40H62O8. The number of carbonyl (C=O) groups is 2. The van der Waals surface area contributed by atoms with E-state index in [2.05, 4.69) is 33.8 Å². The van der Waals surface area contributed by atoms with Crippen LogP contribution in [-0.4, -0.2) is 70.0 Å². The Labute approximate surface area is 288 Å². The van der Waals surface area contributed by atoms with Crippen LogP contribution in [-0.2, 0) is 19.1 Å². The van der Waals surface area contributed by atoms with Gasteiger partial charge < -0.3 is 29.9 Å². The summed E-state index contributed by atoms with van der Waals surface area (Å²) in [5, 5.41) is 47.3. The van der Waals surface area contributed by atoms with Crippen molar-refractivity contribution in [1.29, 1.82) is 0 Å². The van der Waals surface area contributed by atoms with Crippen LogP contribution in [0.2, 0.25) is 0 Å². The van der Waals surface area contributed by atoms with E-state index in [9.17, 15) is 30.0 Å². The lowest BCUT2D eigenvalue weighted by atomic mass is 9.32. The first-order valence-electron chi connectivity index (χ1n) is 18.3. The molecule has 0 spiro atoms. The fourth-order valence-corrected chi connectivity index (χ4v) is 12.0. The predicted molar refractivity (Wildman–Crippen MR) is 184 cm³/mol. The molecule has 0 aromatic rings. The predicted octanol–water partition coefficient (Wildman–Crippen LogP) is 6.06. The Kier molecular flexibility index (Phi) is 9.58. The van der Waals surface area contributed by atoms with E-state index >= 15 is 0 Å². The molecule has 0 aromatic carbocycles. The van der Waals surface area contributed by atoms with Crippen molar-refractivity contribution in [2.45, 2.75) is 139 Å². The summed E-state index contributed by atoms with van der Waals surface area (Å²) in [6.45, 7) is 19.4. The zero-order chi connectivity index (χ0) is 35.8. The monoisotopic (exact) mass is 670 g/mol. The molecule has 3 unspecified atom stereocenters. The number of carbonyl (C=O) groups excluding carboxylic acids is 2. The second-order valence-corrected chi connectivity index (χ2v) is 17.8. The first-order valence-corrected chi connectivity index (χ1v) is 18.3. The fourth-order valence-electron chi connectivity index (χ4n) is 12.0. The van der Waals surface area contributed by atoms with E-state index in [-0.39, 0.29) is 28.8 Å². The van der Waals surface area contributed by atoms with Gasteiger partial charge in [0.15, 0.2) is 6.10 Å². The van der Waals surface area contributed by atoms with Crippen LogP contribution in [0.5, 0.6) is 0 Å². The van der Waals surface area contributed by atoms with Crippen molar-refractivity contribution in [3.8, 4) is 0 Å². The van der Waals surface area contributed by atoms with Crippen LogP contribution in [0.25, 0.3) is 0 Å². The number of fused-ring (bicyclic) bond motifs is 7.